The summed E-state index contributed by atoms with van der Waals surface area (Å²) in [4.78, 5) is 11.0. The van der Waals surface area contributed by atoms with Crippen molar-refractivity contribution < 1.29 is 9.90 Å². The van der Waals surface area contributed by atoms with E-state index < -0.39 is 5.97 Å². The Labute approximate surface area is 96.3 Å². The lowest BCUT2D eigenvalue weighted by molar-refractivity contribution is 0.0695. The molecule has 1 rings (SSSR count). The molecule has 3 heteroatoms. The van der Waals surface area contributed by atoms with Crippen molar-refractivity contribution in [2.24, 2.45) is 11.7 Å². The maximum Gasteiger partial charge on any atom is 0.336 e. The van der Waals surface area contributed by atoms with Gasteiger partial charge in [0.05, 0.1) is 5.56 Å². The maximum absolute atomic E-state index is 11.0. The average molecular weight is 221 g/mol. The second-order valence-electron chi connectivity index (χ2n) is 4.47. The van der Waals surface area contributed by atoms with Crippen LogP contribution in [-0.4, -0.2) is 11.1 Å². The summed E-state index contributed by atoms with van der Waals surface area (Å²) in [5.74, 6) is -0.321. The molecule has 16 heavy (non-hydrogen) atoms. The SMILES string of the molecule is CC(C)CC[C@H](N)c1ccccc1C(=O)O. The average Bonchev–Trinajstić information content (AvgIpc) is 2.25. The highest BCUT2D eigenvalue weighted by Crippen LogP contribution is 2.21. The maximum atomic E-state index is 11.0. The molecular weight excluding hydrogens is 202 g/mol. The van der Waals surface area contributed by atoms with Crippen molar-refractivity contribution in [2.75, 3.05) is 0 Å². The van der Waals surface area contributed by atoms with Crippen LogP contribution < -0.4 is 5.73 Å². The van der Waals surface area contributed by atoms with Crippen molar-refractivity contribution in [3.05, 3.63) is 35.4 Å². The van der Waals surface area contributed by atoms with Gasteiger partial charge in [-0.2, -0.15) is 0 Å². The second kappa shape index (κ2) is 5.66. The summed E-state index contributed by atoms with van der Waals surface area (Å²) in [5.41, 5.74) is 7.07. The number of nitrogens with two attached hydrogens (primary N) is 1. The van der Waals surface area contributed by atoms with E-state index in [2.05, 4.69) is 13.8 Å². The van der Waals surface area contributed by atoms with Crippen LogP contribution in [-0.2, 0) is 0 Å². The van der Waals surface area contributed by atoms with Crippen LogP contribution in [0.4, 0.5) is 0 Å². The highest BCUT2D eigenvalue weighted by Gasteiger charge is 2.15. The summed E-state index contributed by atoms with van der Waals surface area (Å²) in [6, 6.07) is 6.77. The highest BCUT2D eigenvalue weighted by atomic mass is 16.4. The minimum Gasteiger partial charge on any atom is -0.478 e. The van der Waals surface area contributed by atoms with Crippen LogP contribution >= 0.6 is 0 Å². The number of aromatic carboxylic acids is 1. The van der Waals surface area contributed by atoms with E-state index in [1.807, 2.05) is 6.07 Å². The van der Waals surface area contributed by atoms with E-state index in [0.29, 0.717) is 11.5 Å². The number of benzene rings is 1. The summed E-state index contributed by atoms with van der Waals surface area (Å²) in [6.45, 7) is 4.27. The molecule has 0 saturated carbocycles. The minimum atomic E-state index is -0.907. The van der Waals surface area contributed by atoms with E-state index >= 15 is 0 Å². The lowest BCUT2D eigenvalue weighted by Crippen LogP contribution is -2.15. The smallest absolute Gasteiger partial charge is 0.336 e. The molecule has 1 aromatic carbocycles. The molecule has 0 radical (unpaired) electrons. The first kappa shape index (κ1) is 12.7. The molecule has 0 aliphatic rings. The molecule has 0 amide bonds. The summed E-state index contributed by atoms with van der Waals surface area (Å²) in [5, 5.41) is 9.04. The van der Waals surface area contributed by atoms with Crippen LogP contribution in [0.5, 0.6) is 0 Å². The van der Waals surface area contributed by atoms with E-state index in [9.17, 15) is 4.79 Å². The van der Waals surface area contributed by atoms with Crippen LogP contribution in [0.25, 0.3) is 0 Å². The first-order valence-corrected chi connectivity index (χ1v) is 5.60. The molecule has 3 nitrogen and oxygen atoms in total. The lowest BCUT2D eigenvalue weighted by Gasteiger charge is -2.15. The molecule has 0 aliphatic carbocycles. The molecule has 0 aliphatic heterocycles. The second-order valence-corrected chi connectivity index (χ2v) is 4.47. The van der Waals surface area contributed by atoms with E-state index in [0.717, 1.165) is 18.4 Å². The molecule has 1 aromatic rings. The lowest BCUT2D eigenvalue weighted by atomic mass is 9.95. The van der Waals surface area contributed by atoms with Gasteiger partial charge in [0.2, 0.25) is 0 Å². The van der Waals surface area contributed by atoms with E-state index in [1.165, 1.54) is 0 Å². The van der Waals surface area contributed by atoms with Gasteiger partial charge in [-0.1, -0.05) is 32.0 Å². The van der Waals surface area contributed by atoms with Crippen molar-refractivity contribution >= 4 is 5.97 Å². The van der Waals surface area contributed by atoms with Gasteiger partial charge in [0.1, 0.15) is 0 Å². The van der Waals surface area contributed by atoms with Gasteiger partial charge < -0.3 is 10.8 Å². The van der Waals surface area contributed by atoms with Gasteiger partial charge in [-0.3, -0.25) is 0 Å². The normalized spacial score (nSPS) is 12.8. The fourth-order valence-corrected chi connectivity index (χ4v) is 1.68. The Balaban J connectivity index is 2.82. The molecule has 0 saturated heterocycles. The third kappa shape index (κ3) is 3.35. The van der Waals surface area contributed by atoms with Crippen molar-refractivity contribution in [1.29, 1.82) is 0 Å². The summed E-state index contributed by atoms with van der Waals surface area (Å²) in [6.07, 6.45) is 1.83. The zero-order valence-corrected chi connectivity index (χ0v) is 9.81. The quantitative estimate of drug-likeness (QED) is 0.803. The van der Waals surface area contributed by atoms with E-state index in [-0.39, 0.29) is 6.04 Å². The zero-order valence-electron chi connectivity index (χ0n) is 9.81. The van der Waals surface area contributed by atoms with E-state index in [1.54, 1.807) is 18.2 Å². The standard InChI is InChI=1S/C13H19NO2/c1-9(2)7-8-12(14)10-5-3-4-6-11(10)13(15)16/h3-6,9,12H,7-8,14H2,1-2H3,(H,15,16)/t12-/m0/s1. The third-order valence-electron chi connectivity index (χ3n) is 2.65. The predicted octanol–water partition coefficient (Wildman–Crippen LogP) is 2.82. The van der Waals surface area contributed by atoms with Crippen LogP contribution in [0.15, 0.2) is 24.3 Å². The number of hydrogen-bond donors (Lipinski definition) is 2. The predicted molar refractivity (Wildman–Crippen MR) is 64.4 cm³/mol. The van der Waals surface area contributed by atoms with Gasteiger partial charge in [-0.15, -0.1) is 0 Å². The number of rotatable bonds is 5. The van der Waals surface area contributed by atoms with Crippen molar-refractivity contribution in [3.8, 4) is 0 Å². The zero-order chi connectivity index (χ0) is 12.1. The van der Waals surface area contributed by atoms with Crippen molar-refractivity contribution in [1.82, 2.24) is 0 Å². The molecule has 3 N–H and O–H groups in total. The Morgan fingerprint density at radius 2 is 1.94 bits per heavy atom. The highest BCUT2D eigenvalue weighted by molar-refractivity contribution is 5.89. The Morgan fingerprint density at radius 3 is 2.50 bits per heavy atom. The van der Waals surface area contributed by atoms with Crippen LogP contribution in [0.2, 0.25) is 0 Å². The van der Waals surface area contributed by atoms with Gasteiger partial charge in [0, 0.05) is 6.04 Å². The van der Waals surface area contributed by atoms with Crippen molar-refractivity contribution in [3.63, 3.8) is 0 Å². The van der Waals surface area contributed by atoms with E-state index in [4.69, 9.17) is 10.8 Å². The molecule has 0 aromatic heterocycles. The fourth-order valence-electron chi connectivity index (χ4n) is 1.68. The van der Waals surface area contributed by atoms with Gasteiger partial charge in [0.25, 0.3) is 0 Å². The van der Waals surface area contributed by atoms with Crippen LogP contribution in [0.1, 0.15) is 48.7 Å². The number of hydrogen-bond acceptors (Lipinski definition) is 2. The molecule has 0 bridgehead atoms. The Morgan fingerprint density at radius 1 is 1.31 bits per heavy atom. The van der Waals surface area contributed by atoms with Crippen LogP contribution in [0.3, 0.4) is 0 Å². The number of carbonyl (C=O) groups is 1. The topological polar surface area (TPSA) is 63.3 Å². The summed E-state index contributed by atoms with van der Waals surface area (Å²) >= 11 is 0. The Kier molecular flexibility index (Phi) is 4.50. The number of carboxylic acid groups (broad SMARTS) is 1. The summed E-state index contributed by atoms with van der Waals surface area (Å²) in [7, 11) is 0. The van der Waals surface area contributed by atoms with Crippen molar-refractivity contribution in [2.45, 2.75) is 32.7 Å². The number of carboxylic acids is 1. The fraction of sp³-hybridized carbons (Fsp3) is 0.462. The molecule has 88 valence electrons. The largest absolute Gasteiger partial charge is 0.478 e. The Hall–Kier alpha value is -1.35. The monoisotopic (exact) mass is 221 g/mol. The first-order valence-electron chi connectivity index (χ1n) is 5.60. The molecule has 0 fully saturated rings. The van der Waals surface area contributed by atoms with Gasteiger partial charge in [-0.25, -0.2) is 4.79 Å². The molecular formula is C13H19NO2. The molecule has 1 atom stereocenters. The summed E-state index contributed by atoms with van der Waals surface area (Å²) < 4.78 is 0. The minimum absolute atomic E-state index is 0.185. The third-order valence-corrected chi connectivity index (χ3v) is 2.65. The van der Waals surface area contributed by atoms with Gasteiger partial charge >= 0.3 is 5.97 Å². The van der Waals surface area contributed by atoms with Gasteiger partial charge in [-0.05, 0) is 30.4 Å². The molecule has 0 spiro atoms. The Bertz CT molecular complexity index is 361. The molecule has 0 heterocycles. The molecule has 0 unspecified atom stereocenters. The first-order chi connectivity index (χ1) is 7.52. The van der Waals surface area contributed by atoms with Crippen LogP contribution in [0, 0.1) is 5.92 Å². The van der Waals surface area contributed by atoms with Gasteiger partial charge in [0.15, 0.2) is 0 Å².